The Balaban J connectivity index is 1.90. The average molecular weight is 381 g/mol. The second-order valence-corrected chi connectivity index (χ2v) is 5.41. The van der Waals surface area contributed by atoms with E-state index >= 15 is 0 Å². The summed E-state index contributed by atoms with van der Waals surface area (Å²) in [6, 6.07) is 6.38. The molecule has 3 aromatic rings. The van der Waals surface area contributed by atoms with Crippen LogP contribution in [0.4, 0.5) is 26.3 Å². The van der Waals surface area contributed by atoms with Gasteiger partial charge >= 0.3 is 12.4 Å². The predicted molar refractivity (Wildman–Crippen MR) is 77.6 cm³/mol. The van der Waals surface area contributed by atoms with E-state index < -0.39 is 23.7 Å². The number of H-pyrrole nitrogens is 1. The van der Waals surface area contributed by atoms with E-state index in [0.717, 1.165) is 12.1 Å². The molecule has 0 atom stereocenters. The van der Waals surface area contributed by atoms with Gasteiger partial charge in [0.15, 0.2) is 0 Å². The minimum Gasteiger partial charge on any atom is -0.456 e. The SMILES string of the molecule is FC(F)(F)c1ccc(Oc2ccc3nc(C(F)(F)F)[nH]c3c2)c(Cl)c1. The number of hydrogen-bond donors (Lipinski definition) is 1. The summed E-state index contributed by atoms with van der Waals surface area (Å²) >= 11 is 5.77. The quantitative estimate of drug-likeness (QED) is 0.550. The molecule has 0 unspecified atom stereocenters. The number of benzene rings is 2. The highest BCUT2D eigenvalue weighted by Gasteiger charge is 2.34. The zero-order chi connectivity index (χ0) is 18.4. The fourth-order valence-electron chi connectivity index (χ4n) is 2.07. The van der Waals surface area contributed by atoms with Crippen molar-refractivity contribution in [3.8, 4) is 11.5 Å². The predicted octanol–water partition coefficient (Wildman–Crippen LogP) is 6.05. The van der Waals surface area contributed by atoms with Crippen LogP contribution >= 0.6 is 11.6 Å². The van der Waals surface area contributed by atoms with Crippen LogP contribution in [0.25, 0.3) is 11.0 Å². The maximum absolute atomic E-state index is 12.6. The highest BCUT2D eigenvalue weighted by atomic mass is 35.5. The first kappa shape index (κ1) is 17.4. The van der Waals surface area contributed by atoms with Crippen molar-refractivity contribution in [1.82, 2.24) is 9.97 Å². The molecule has 3 rings (SSSR count). The fraction of sp³-hybridized carbons (Fsp3) is 0.133. The molecule has 0 aliphatic rings. The molecule has 3 nitrogen and oxygen atoms in total. The number of hydrogen-bond acceptors (Lipinski definition) is 2. The van der Waals surface area contributed by atoms with Crippen molar-refractivity contribution in [3.63, 3.8) is 0 Å². The summed E-state index contributed by atoms with van der Waals surface area (Å²) in [4.78, 5) is 5.51. The van der Waals surface area contributed by atoms with Gasteiger partial charge in [-0.1, -0.05) is 11.6 Å². The number of aromatic nitrogens is 2. The number of fused-ring (bicyclic) bond motifs is 1. The van der Waals surface area contributed by atoms with Crippen molar-refractivity contribution >= 4 is 22.6 Å². The van der Waals surface area contributed by atoms with Gasteiger partial charge in [0.1, 0.15) is 11.5 Å². The van der Waals surface area contributed by atoms with E-state index in [-0.39, 0.29) is 27.6 Å². The van der Waals surface area contributed by atoms with Gasteiger partial charge in [-0.2, -0.15) is 26.3 Å². The van der Waals surface area contributed by atoms with Crippen LogP contribution in [0.1, 0.15) is 11.4 Å². The fourth-order valence-corrected chi connectivity index (χ4v) is 2.29. The van der Waals surface area contributed by atoms with Crippen LogP contribution < -0.4 is 4.74 Å². The molecule has 0 saturated carbocycles. The number of alkyl halides is 6. The largest absolute Gasteiger partial charge is 0.456 e. The lowest BCUT2D eigenvalue weighted by Crippen LogP contribution is -2.06. The van der Waals surface area contributed by atoms with E-state index in [9.17, 15) is 26.3 Å². The van der Waals surface area contributed by atoms with Crippen LogP contribution in [-0.4, -0.2) is 9.97 Å². The van der Waals surface area contributed by atoms with Crippen LogP contribution in [0.15, 0.2) is 36.4 Å². The van der Waals surface area contributed by atoms with Crippen molar-refractivity contribution in [3.05, 3.63) is 52.8 Å². The molecule has 1 aromatic heterocycles. The summed E-state index contributed by atoms with van der Waals surface area (Å²) < 4.78 is 81.0. The zero-order valence-corrected chi connectivity index (χ0v) is 12.7. The maximum Gasteiger partial charge on any atom is 0.449 e. The van der Waals surface area contributed by atoms with E-state index in [1.54, 1.807) is 0 Å². The normalized spacial score (nSPS) is 12.6. The molecule has 0 radical (unpaired) electrons. The number of rotatable bonds is 2. The van der Waals surface area contributed by atoms with Gasteiger partial charge in [0.05, 0.1) is 21.6 Å². The lowest BCUT2D eigenvalue weighted by Gasteiger charge is -2.11. The first-order valence-corrected chi connectivity index (χ1v) is 7.03. The third-order valence-electron chi connectivity index (χ3n) is 3.21. The number of halogens is 7. The summed E-state index contributed by atoms with van der Waals surface area (Å²) in [5, 5.41) is -0.282. The van der Waals surface area contributed by atoms with E-state index in [1.807, 2.05) is 0 Å². The van der Waals surface area contributed by atoms with Crippen LogP contribution in [-0.2, 0) is 12.4 Å². The maximum atomic E-state index is 12.6. The summed E-state index contributed by atoms with van der Waals surface area (Å²) in [7, 11) is 0. The monoisotopic (exact) mass is 380 g/mol. The van der Waals surface area contributed by atoms with Gasteiger partial charge in [-0.25, -0.2) is 4.98 Å². The van der Waals surface area contributed by atoms with Crippen LogP contribution in [0.3, 0.4) is 0 Å². The molecule has 0 aliphatic carbocycles. The lowest BCUT2D eigenvalue weighted by molar-refractivity contribution is -0.144. The van der Waals surface area contributed by atoms with Crippen molar-refractivity contribution < 1.29 is 31.1 Å². The van der Waals surface area contributed by atoms with Gasteiger partial charge in [0.2, 0.25) is 5.82 Å². The van der Waals surface area contributed by atoms with Crippen LogP contribution in [0.2, 0.25) is 5.02 Å². The highest BCUT2D eigenvalue weighted by Crippen LogP contribution is 2.37. The summed E-state index contributed by atoms with van der Waals surface area (Å²) in [6.45, 7) is 0. The standard InChI is InChI=1S/C15H7ClF6N2O/c16-9-5-7(14(17,18)19)1-4-12(9)25-8-2-3-10-11(6-8)24-13(23-10)15(20,21)22/h1-6H,(H,23,24). The number of ether oxygens (including phenoxy) is 1. The number of nitrogens with one attached hydrogen (secondary N) is 1. The summed E-state index contributed by atoms with van der Waals surface area (Å²) in [6.07, 6.45) is -9.18. The Labute approximate surface area is 141 Å². The van der Waals surface area contributed by atoms with Gasteiger partial charge in [0, 0.05) is 6.07 Å². The molecule has 0 saturated heterocycles. The molecule has 132 valence electrons. The Bertz CT molecular complexity index is 932. The molecule has 1 heterocycles. The van der Waals surface area contributed by atoms with Crippen molar-refractivity contribution in [1.29, 1.82) is 0 Å². The average Bonchev–Trinajstić information content (AvgIpc) is 2.91. The van der Waals surface area contributed by atoms with Crippen molar-refractivity contribution in [2.75, 3.05) is 0 Å². The number of imidazole rings is 1. The molecule has 10 heteroatoms. The van der Waals surface area contributed by atoms with Gasteiger partial charge in [-0.05, 0) is 30.3 Å². The Morgan fingerprint density at radius 1 is 0.920 bits per heavy atom. The van der Waals surface area contributed by atoms with E-state index in [2.05, 4.69) is 9.97 Å². The number of aromatic amines is 1. The van der Waals surface area contributed by atoms with Crippen molar-refractivity contribution in [2.45, 2.75) is 12.4 Å². The Kier molecular flexibility index (Phi) is 4.06. The van der Waals surface area contributed by atoms with Crippen molar-refractivity contribution in [2.24, 2.45) is 0 Å². The van der Waals surface area contributed by atoms with E-state index in [0.29, 0.717) is 6.07 Å². The summed E-state index contributed by atoms with van der Waals surface area (Å²) in [5.74, 6) is -1.14. The summed E-state index contributed by atoms with van der Waals surface area (Å²) in [5.41, 5.74) is -0.810. The lowest BCUT2D eigenvalue weighted by atomic mass is 10.2. The Morgan fingerprint density at radius 2 is 1.64 bits per heavy atom. The van der Waals surface area contributed by atoms with Gasteiger partial charge in [-0.3, -0.25) is 0 Å². The topological polar surface area (TPSA) is 37.9 Å². The molecular formula is C15H7ClF6N2O. The molecule has 2 aromatic carbocycles. The molecule has 0 amide bonds. The minimum absolute atomic E-state index is 0.0628. The molecule has 0 aliphatic heterocycles. The van der Waals surface area contributed by atoms with Crippen LogP contribution in [0.5, 0.6) is 11.5 Å². The molecule has 0 fully saturated rings. The van der Waals surface area contributed by atoms with Gasteiger partial charge < -0.3 is 9.72 Å². The minimum atomic E-state index is -4.63. The third kappa shape index (κ3) is 3.65. The highest BCUT2D eigenvalue weighted by molar-refractivity contribution is 6.32. The molecule has 25 heavy (non-hydrogen) atoms. The molecular weight excluding hydrogens is 374 g/mol. The molecule has 0 spiro atoms. The smallest absolute Gasteiger partial charge is 0.449 e. The van der Waals surface area contributed by atoms with E-state index in [1.165, 1.54) is 18.2 Å². The molecule has 0 bridgehead atoms. The first-order valence-electron chi connectivity index (χ1n) is 6.65. The first-order chi connectivity index (χ1) is 11.5. The van der Waals surface area contributed by atoms with Crippen LogP contribution in [0, 0.1) is 0 Å². The number of nitrogens with zero attached hydrogens (tertiary/aromatic N) is 1. The van der Waals surface area contributed by atoms with Gasteiger partial charge in [0.25, 0.3) is 0 Å². The van der Waals surface area contributed by atoms with E-state index in [4.69, 9.17) is 16.3 Å². The zero-order valence-electron chi connectivity index (χ0n) is 12.0. The second-order valence-electron chi connectivity index (χ2n) is 5.01. The van der Waals surface area contributed by atoms with Gasteiger partial charge in [-0.15, -0.1) is 0 Å². The third-order valence-corrected chi connectivity index (χ3v) is 3.50. The molecule has 1 N–H and O–H groups in total. The Morgan fingerprint density at radius 3 is 2.24 bits per heavy atom. The second kappa shape index (κ2) is 5.83. The Hall–Kier alpha value is -2.42.